The highest BCUT2D eigenvalue weighted by atomic mass is 79.9. The molecule has 0 spiro atoms. The molecule has 2 rings (SSSR count). The first kappa shape index (κ1) is 16.0. The molecule has 0 atom stereocenters. The van der Waals surface area contributed by atoms with E-state index in [4.69, 9.17) is 4.42 Å². The molecular weight excluding hydrogens is 320 g/mol. The highest BCUT2D eigenvalue weighted by Crippen LogP contribution is 2.26. The molecule has 3 heteroatoms. The van der Waals surface area contributed by atoms with Crippen molar-refractivity contribution in [2.24, 2.45) is 0 Å². The van der Waals surface area contributed by atoms with Crippen molar-refractivity contribution in [1.82, 2.24) is 0 Å². The van der Waals surface area contributed by atoms with E-state index in [1.165, 1.54) is 21.6 Å². The minimum atomic E-state index is 0. The maximum absolute atomic E-state index is 5.22. The highest BCUT2D eigenvalue weighted by molar-refractivity contribution is 7.99. The van der Waals surface area contributed by atoms with Gasteiger partial charge in [-0.2, -0.15) is 0 Å². The van der Waals surface area contributed by atoms with Crippen molar-refractivity contribution >= 4 is 17.8 Å². The predicted octanol–water partition coefficient (Wildman–Crippen LogP) is 1.99. The van der Waals surface area contributed by atoms with Crippen LogP contribution in [0.25, 0.3) is 6.08 Å². The fourth-order valence-electron chi connectivity index (χ4n) is 1.76. The first-order valence-corrected chi connectivity index (χ1v) is 6.97. The van der Waals surface area contributed by atoms with E-state index in [2.05, 4.69) is 50.3 Å². The van der Waals surface area contributed by atoms with E-state index in [1.54, 1.807) is 12.5 Å². The summed E-state index contributed by atoms with van der Waals surface area (Å²) in [5.74, 6) is 0.973. The molecule has 0 amide bonds. The molecule has 0 radical (unpaired) electrons. The van der Waals surface area contributed by atoms with E-state index in [0.717, 1.165) is 5.75 Å². The van der Waals surface area contributed by atoms with Crippen LogP contribution in [0.2, 0.25) is 0 Å². The van der Waals surface area contributed by atoms with Crippen molar-refractivity contribution in [3.8, 4) is 0 Å². The zero-order valence-corrected chi connectivity index (χ0v) is 13.5. The summed E-state index contributed by atoms with van der Waals surface area (Å²) in [7, 11) is 0. The van der Waals surface area contributed by atoms with Gasteiger partial charge in [0, 0.05) is 10.6 Å². The second-order valence-corrected chi connectivity index (χ2v) is 5.22. The third kappa shape index (κ3) is 4.84. The predicted molar refractivity (Wildman–Crippen MR) is 78.8 cm³/mol. The molecule has 0 bridgehead atoms. The molecule has 19 heavy (non-hydrogen) atoms. The first-order chi connectivity index (χ1) is 8.77. The molecule has 1 nitrogen and oxygen atoms in total. The molecule has 0 aliphatic carbocycles. The van der Waals surface area contributed by atoms with Gasteiger partial charge in [0.1, 0.15) is 0 Å². The number of rotatable bonds is 4. The quantitative estimate of drug-likeness (QED) is 0.624. The summed E-state index contributed by atoms with van der Waals surface area (Å²) in [5.41, 5.74) is 3.65. The maximum Gasteiger partial charge on any atom is 0.321 e. The molecule has 0 unspecified atom stereocenters. The van der Waals surface area contributed by atoms with Crippen LogP contribution in [-0.4, -0.2) is 5.75 Å². The van der Waals surface area contributed by atoms with Gasteiger partial charge in [-0.25, -0.2) is 4.42 Å². The molecule has 0 fully saturated rings. The fourth-order valence-corrected chi connectivity index (χ4v) is 2.67. The van der Waals surface area contributed by atoms with Crippen LogP contribution in [0.1, 0.15) is 16.7 Å². The Morgan fingerprint density at radius 1 is 1.05 bits per heavy atom. The summed E-state index contributed by atoms with van der Waals surface area (Å²) in [6, 6.07) is 10.4. The summed E-state index contributed by atoms with van der Waals surface area (Å²) in [5, 5.41) is 0. The van der Waals surface area contributed by atoms with Crippen LogP contribution in [-0.2, 0) is 0 Å². The molecule has 0 saturated carbocycles. The summed E-state index contributed by atoms with van der Waals surface area (Å²) in [6.07, 6.45) is 7.96. The third-order valence-corrected chi connectivity index (χ3v) is 3.93. The topological polar surface area (TPSA) is 11.3 Å². The smallest absolute Gasteiger partial charge is 0.321 e. The molecule has 1 aromatic carbocycles. The van der Waals surface area contributed by atoms with E-state index in [-0.39, 0.29) is 17.0 Å². The Morgan fingerprint density at radius 3 is 2.32 bits per heavy atom. The molecule has 2 aromatic rings. The Bertz CT molecular complexity index is 517. The lowest BCUT2D eigenvalue weighted by atomic mass is 10.2. The highest BCUT2D eigenvalue weighted by Gasteiger charge is 2.08. The van der Waals surface area contributed by atoms with E-state index in [1.807, 2.05) is 17.8 Å². The van der Waals surface area contributed by atoms with Crippen LogP contribution < -0.4 is 17.0 Å². The van der Waals surface area contributed by atoms with Crippen molar-refractivity contribution in [3.05, 3.63) is 65.6 Å². The van der Waals surface area contributed by atoms with Crippen LogP contribution in [0.15, 0.2) is 58.2 Å². The zero-order chi connectivity index (χ0) is 12.8. The van der Waals surface area contributed by atoms with Crippen molar-refractivity contribution < 1.29 is 21.4 Å². The third-order valence-electron chi connectivity index (χ3n) is 2.64. The van der Waals surface area contributed by atoms with Gasteiger partial charge in [0.15, 0.2) is 0 Å². The largest absolute Gasteiger partial charge is 1.00 e. The zero-order valence-electron chi connectivity index (χ0n) is 11.1. The minimum Gasteiger partial charge on any atom is -1.00 e. The van der Waals surface area contributed by atoms with Crippen LogP contribution in [0.4, 0.5) is 0 Å². The number of thioether (sulfide) groups is 1. The van der Waals surface area contributed by atoms with E-state index in [9.17, 15) is 0 Å². The molecule has 0 aliphatic heterocycles. The number of hydrogen-bond donors (Lipinski definition) is 0. The summed E-state index contributed by atoms with van der Waals surface area (Å²) in [6.45, 7) is 4.17. The van der Waals surface area contributed by atoms with Gasteiger partial charge < -0.3 is 17.0 Å². The lowest BCUT2D eigenvalue weighted by molar-refractivity contribution is -0.00000401. The van der Waals surface area contributed by atoms with Crippen LogP contribution in [0.5, 0.6) is 0 Å². The Hall–Kier alpha value is -1.06. The van der Waals surface area contributed by atoms with Gasteiger partial charge in [-0.05, 0) is 19.4 Å². The number of aryl methyl sites for hydroxylation is 2. The van der Waals surface area contributed by atoms with Gasteiger partial charge in [-0.15, -0.1) is 11.8 Å². The Kier molecular flexibility index (Phi) is 6.89. The lowest BCUT2D eigenvalue weighted by Crippen LogP contribution is -3.00. The van der Waals surface area contributed by atoms with Crippen LogP contribution in [0.3, 0.4) is 0 Å². The summed E-state index contributed by atoms with van der Waals surface area (Å²) < 4.78 is 5.22. The van der Waals surface area contributed by atoms with E-state index in [0.29, 0.717) is 0 Å². The normalized spacial score (nSPS) is 10.4. The van der Waals surface area contributed by atoms with Crippen molar-refractivity contribution in [3.63, 3.8) is 0 Å². The number of benzene rings is 1. The monoisotopic (exact) mass is 336 g/mol. The van der Waals surface area contributed by atoms with Gasteiger partial charge in [0.05, 0.1) is 11.1 Å². The molecule has 1 aromatic heterocycles. The van der Waals surface area contributed by atoms with Crippen LogP contribution >= 0.6 is 11.8 Å². The fraction of sp³-hybridized carbons (Fsp3) is 0.188. The average molecular weight is 337 g/mol. The minimum absolute atomic E-state index is 0. The Morgan fingerprint density at radius 2 is 1.68 bits per heavy atom. The second-order valence-electron chi connectivity index (χ2n) is 4.19. The van der Waals surface area contributed by atoms with Gasteiger partial charge in [-0.3, -0.25) is 0 Å². The van der Waals surface area contributed by atoms with Crippen molar-refractivity contribution in [2.45, 2.75) is 18.7 Å². The maximum atomic E-state index is 5.22. The molecule has 1 heterocycles. The first-order valence-electron chi connectivity index (χ1n) is 5.98. The number of hydrogen-bond acceptors (Lipinski definition) is 1. The number of halogens is 1. The summed E-state index contributed by atoms with van der Waals surface area (Å²) in [4.78, 5) is 1.32. The molecule has 0 aliphatic rings. The van der Waals surface area contributed by atoms with Crippen molar-refractivity contribution in [2.75, 3.05) is 5.75 Å². The Labute approximate surface area is 129 Å². The average Bonchev–Trinajstić information content (AvgIpc) is 2.38. The van der Waals surface area contributed by atoms with Gasteiger partial charge in [-0.1, -0.05) is 42.5 Å². The Balaban J connectivity index is 0.00000180. The van der Waals surface area contributed by atoms with Crippen molar-refractivity contribution in [1.29, 1.82) is 0 Å². The second kappa shape index (κ2) is 8.18. The lowest BCUT2D eigenvalue weighted by Gasteiger charge is -2.01. The standard InChI is InChI=1S/C16H17OS.BrH/c1-13-11-17-12-14(2)16(13)18-10-6-9-15-7-4-3-5-8-15;/h3-9,11-12H,10H2,1-2H3;1H/q+1;/p-1/b9-6+;. The van der Waals surface area contributed by atoms with Crippen LogP contribution in [0, 0.1) is 13.8 Å². The SMILES string of the molecule is Cc1c[o+]cc(C)c1SC/C=C/c1ccccc1.[Br-]. The summed E-state index contributed by atoms with van der Waals surface area (Å²) >= 11 is 1.85. The van der Waals surface area contributed by atoms with Gasteiger partial charge >= 0.3 is 12.5 Å². The van der Waals surface area contributed by atoms with E-state index < -0.39 is 0 Å². The van der Waals surface area contributed by atoms with Gasteiger partial charge in [0.25, 0.3) is 0 Å². The molecule has 0 N–H and O–H groups in total. The molecular formula is C16H17BrOS. The van der Waals surface area contributed by atoms with E-state index >= 15 is 0 Å². The molecule has 0 saturated heterocycles. The molecule has 100 valence electrons. The van der Waals surface area contributed by atoms with Gasteiger partial charge in [0.2, 0.25) is 0 Å².